The van der Waals surface area contributed by atoms with Crippen LogP contribution in [-0.2, 0) is 9.59 Å². The van der Waals surface area contributed by atoms with Crippen LogP contribution in [0.15, 0.2) is 65.6 Å². The van der Waals surface area contributed by atoms with Crippen molar-refractivity contribution < 1.29 is 9.59 Å². The Labute approximate surface area is 201 Å². The molecular weight excluding hydrogens is 446 g/mol. The number of fused-ring (bicyclic) bond motifs is 1. The summed E-state index contributed by atoms with van der Waals surface area (Å²) >= 11 is 0. The van der Waals surface area contributed by atoms with Crippen molar-refractivity contribution in [1.29, 1.82) is 0 Å². The van der Waals surface area contributed by atoms with E-state index in [-0.39, 0.29) is 23.3 Å². The van der Waals surface area contributed by atoms with Crippen molar-refractivity contribution in [3.8, 4) is 5.69 Å². The van der Waals surface area contributed by atoms with Gasteiger partial charge in [0.05, 0.1) is 11.9 Å². The van der Waals surface area contributed by atoms with E-state index in [1.807, 2.05) is 35.2 Å². The molecule has 0 spiro atoms. The zero-order valence-corrected chi connectivity index (χ0v) is 19.2. The molecule has 1 fully saturated rings. The molecule has 0 radical (unpaired) electrons. The third-order valence-electron chi connectivity index (χ3n) is 6.04. The Morgan fingerprint density at radius 3 is 2.43 bits per heavy atom. The number of nitrogens with zero attached hydrogens (tertiary/aromatic N) is 4. The predicted octanol–water partition coefficient (Wildman–Crippen LogP) is 2.92. The number of hydrogen-bond donors (Lipinski definition) is 3. The fraction of sp³-hybridized carbons (Fsp3) is 0.240. The van der Waals surface area contributed by atoms with E-state index in [2.05, 4.69) is 20.7 Å². The highest BCUT2D eigenvalue weighted by atomic mass is 16.2. The number of H-pyrrole nitrogens is 1. The summed E-state index contributed by atoms with van der Waals surface area (Å²) < 4.78 is 1.66. The first kappa shape index (κ1) is 22.3. The fourth-order valence-electron chi connectivity index (χ4n) is 4.29. The van der Waals surface area contributed by atoms with Crippen LogP contribution in [0.3, 0.4) is 0 Å². The largest absolute Gasteiger partial charge is 0.342 e. The number of anilines is 3. The van der Waals surface area contributed by atoms with Crippen LogP contribution in [0.25, 0.3) is 16.7 Å². The van der Waals surface area contributed by atoms with Crippen LogP contribution in [-0.4, -0.2) is 44.7 Å². The number of para-hydroxylation sites is 1. The lowest BCUT2D eigenvalue weighted by Crippen LogP contribution is -2.39. The average Bonchev–Trinajstić information content (AvgIpc) is 3.29. The number of aromatic nitrogens is 4. The molecule has 3 N–H and O–H groups in total. The second kappa shape index (κ2) is 9.41. The lowest BCUT2D eigenvalue weighted by Gasteiger charge is -2.31. The maximum absolute atomic E-state index is 12.8. The van der Waals surface area contributed by atoms with Crippen molar-refractivity contribution in [2.24, 2.45) is 5.92 Å². The van der Waals surface area contributed by atoms with Gasteiger partial charge in [0.2, 0.25) is 17.8 Å². The third-order valence-corrected chi connectivity index (χ3v) is 6.04. The molecular formula is C25H25N7O3. The van der Waals surface area contributed by atoms with Crippen LogP contribution in [0.2, 0.25) is 0 Å². The highest BCUT2D eigenvalue weighted by Gasteiger charge is 2.27. The predicted molar refractivity (Wildman–Crippen MR) is 134 cm³/mol. The van der Waals surface area contributed by atoms with Crippen molar-refractivity contribution >= 4 is 40.2 Å². The summed E-state index contributed by atoms with van der Waals surface area (Å²) in [6.07, 6.45) is 2.77. The summed E-state index contributed by atoms with van der Waals surface area (Å²) in [5.41, 5.74) is 2.34. The van der Waals surface area contributed by atoms with Gasteiger partial charge in [-0.25, -0.2) is 4.68 Å². The molecule has 2 amide bonds. The Bertz CT molecular complexity index is 1440. The first-order chi connectivity index (χ1) is 17.0. The SMILES string of the molecule is CC(=O)Nc1cccc(NC(=O)C2CCN(c3nc4c(cnn4-c4ccccc4)c(=O)[nH]3)CC2)c1. The van der Waals surface area contributed by atoms with Gasteiger partial charge in [0.25, 0.3) is 5.56 Å². The smallest absolute Gasteiger partial charge is 0.263 e. The Balaban J connectivity index is 1.28. The summed E-state index contributed by atoms with van der Waals surface area (Å²) in [5.74, 6) is 0.0733. The standard InChI is InChI=1S/C25H25N7O3/c1-16(33)27-18-6-5-7-19(14-18)28-23(34)17-10-12-31(13-11-17)25-29-22-21(24(35)30-25)15-26-32(22)20-8-3-2-4-9-20/h2-9,14-15,17H,10-13H2,1H3,(H,27,33)(H,28,34)(H,29,30,35). The van der Waals surface area contributed by atoms with Gasteiger partial charge in [-0.15, -0.1) is 0 Å². The third kappa shape index (κ3) is 4.77. The number of carbonyl (C=O) groups excluding carboxylic acids is 2. The lowest BCUT2D eigenvalue weighted by molar-refractivity contribution is -0.120. The van der Waals surface area contributed by atoms with Crippen LogP contribution in [0.5, 0.6) is 0 Å². The van der Waals surface area contributed by atoms with Crippen LogP contribution < -0.4 is 21.1 Å². The first-order valence-corrected chi connectivity index (χ1v) is 11.4. The van der Waals surface area contributed by atoms with E-state index in [9.17, 15) is 14.4 Å². The Kier molecular flexibility index (Phi) is 6.01. The van der Waals surface area contributed by atoms with Gasteiger partial charge in [0.15, 0.2) is 5.65 Å². The van der Waals surface area contributed by atoms with Crippen molar-refractivity contribution in [3.05, 3.63) is 71.1 Å². The van der Waals surface area contributed by atoms with E-state index in [1.54, 1.807) is 28.9 Å². The zero-order valence-electron chi connectivity index (χ0n) is 19.2. The normalized spacial score (nSPS) is 14.1. The molecule has 3 heterocycles. The molecule has 2 aromatic heterocycles. The van der Waals surface area contributed by atoms with Crippen molar-refractivity contribution in [3.63, 3.8) is 0 Å². The van der Waals surface area contributed by atoms with Crippen LogP contribution in [0.1, 0.15) is 19.8 Å². The number of aromatic amines is 1. The molecule has 35 heavy (non-hydrogen) atoms. The molecule has 4 aromatic rings. The lowest BCUT2D eigenvalue weighted by atomic mass is 9.96. The molecule has 0 saturated carbocycles. The van der Waals surface area contributed by atoms with Crippen molar-refractivity contribution in [2.75, 3.05) is 28.6 Å². The van der Waals surface area contributed by atoms with Gasteiger partial charge in [-0.2, -0.15) is 10.1 Å². The number of nitrogens with one attached hydrogen (secondary N) is 3. The van der Waals surface area contributed by atoms with E-state index < -0.39 is 0 Å². The average molecular weight is 472 g/mol. The maximum Gasteiger partial charge on any atom is 0.263 e. The van der Waals surface area contributed by atoms with Gasteiger partial charge in [0, 0.05) is 37.3 Å². The van der Waals surface area contributed by atoms with Crippen LogP contribution in [0.4, 0.5) is 17.3 Å². The fourth-order valence-corrected chi connectivity index (χ4v) is 4.29. The topological polar surface area (TPSA) is 125 Å². The molecule has 5 rings (SSSR count). The second-order valence-electron chi connectivity index (χ2n) is 8.53. The molecule has 0 aliphatic carbocycles. The summed E-state index contributed by atoms with van der Waals surface area (Å²) in [6.45, 7) is 2.60. The molecule has 0 unspecified atom stereocenters. The molecule has 10 heteroatoms. The van der Waals surface area contributed by atoms with Gasteiger partial charge in [0.1, 0.15) is 5.39 Å². The minimum Gasteiger partial charge on any atom is -0.342 e. The van der Waals surface area contributed by atoms with Crippen molar-refractivity contribution in [2.45, 2.75) is 19.8 Å². The van der Waals surface area contributed by atoms with Crippen molar-refractivity contribution in [1.82, 2.24) is 19.7 Å². The van der Waals surface area contributed by atoms with E-state index in [1.165, 1.54) is 13.1 Å². The number of amides is 2. The number of hydrogen-bond acceptors (Lipinski definition) is 6. The summed E-state index contributed by atoms with van der Waals surface area (Å²) in [7, 11) is 0. The maximum atomic E-state index is 12.8. The number of piperidine rings is 1. The number of carbonyl (C=O) groups is 2. The molecule has 178 valence electrons. The highest BCUT2D eigenvalue weighted by Crippen LogP contribution is 2.24. The molecule has 10 nitrogen and oxygen atoms in total. The summed E-state index contributed by atoms with van der Waals surface area (Å²) in [6, 6.07) is 16.6. The molecule has 1 aliphatic heterocycles. The summed E-state index contributed by atoms with van der Waals surface area (Å²) in [5, 5.41) is 10.4. The van der Waals surface area contributed by atoms with Crippen LogP contribution >= 0.6 is 0 Å². The van der Waals surface area contributed by atoms with Gasteiger partial charge in [-0.1, -0.05) is 24.3 Å². The summed E-state index contributed by atoms with van der Waals surface area (Å²) in [4.78, 5) is 46.4. The quantitative estimate of drug-likeness (QED) is 0.411. The Morgan fingerprint density at radius 1 is 1.00 bits per heavy atom. The molecule has 1 aliphatic rings. The van der Waals surface area contributed by atoms with Gasteiger partial charge in [-0.3, -0.25) is 19.4 Å². The number of rotatable bonds is 5. The highest BCUT2D eigenvalue weighted by molar-refractivity contribution is 5.94. The minimum absolute atomic E-state index is 0.0660. The van der Waals surface area contributed by atoms with E-state index in [0.29, 0.717) is 54.3 Å². The minimum atomic E-state index is -0.244. The first-order valence-electron chi connectivity index (χ1n) is 11.4. The monoisotopic (exact) mass is 471 g/mol. The van der Waals surface area contributed by atoms with Crippen LogP contribution in [0, 0.1) is 5.92 Å². The zero-order chi connectivity index (χ0) is 24.4. The van der Waals surface area contributed by atoms with E-state index in [4.69, 9.17) is 4.98 Å². The van der Waals surface area contributed by atoms with Gasteiger partial charge >= 0.3 is 0 Å². The Hall–Kier alpha value is -4.47. The number of benzene rings is 2. The van der Waals surface area contributed by atoms with Gasteiger partial charge in [-0.05, 0) is 43.2 Å². The molecule has 1 saturated heterocycles. The van der Waals surface area contributed by atoms with E-state index in [0.717, 1.165) is 5.69 Å². The molecule has 0 atom stereocenters. The Morgan fingerprint density at radius 2 is 1.71 bits per heavy atom. The van der Waals surface area contributed by atoms with Gasteiger partial charge < -0.3 is 15.5 Å². The van der Waals surface area contributed by atoms with E-state index >= 15 is 0 Å². The molecule has 2 aromatic carbocycles. The second-order valence-corrected chi connectivity index (χ2v) is 8.53. The molecule has 0 bridgehead atoms.